The molecule has 1 atom stereocenters. The molecule has 0 aliphatic heterocycles. The number of hydrogen-bond donors (Lipinski definition) is 1. The van der Waals surface area contributed by atoms with Gasteiger partial charge in [0.05, 0.1) is 0 Å². The first-order chi connectivity index (χ1) is 7.72. The fraction of sp³-hybridized carbons (Fsp3) is 0.929. The van der Waals surface area contributed by atoms with Gasteiger partial charge in [-0.15, -0.1) is 0 Å². The minimum atomic E-state index is -0.421. The molecule has 17 heavy (non-hydrogen) atoms. The highest BCUT2D eigenvalue weighted by Gasteiger charge is 2.23. The molecule has 0 saturated heterocycles. The summed E-state index contributed by atoms with van der Waals surface area (Å²) in [7, 11) is 0. The maximum absolute atomic E-state index is 11.6. The Morgan fingerprint density at radius 3 is 2.18 bits per heavy atom. The molecule has 0 radical (unpaired) electrons. The van der Waals surface area contributed by atoms with Crippen LogP contribution >= 0.6 is 0 Å². The van der Waals surface area contributed by atoms with Crippen molar-refractivity contribution >= 4 is 6.09 Å². The second-order valence-corrected chi connectivity index (χ2v) is 6.12. The van der Waals surface area contributed by atoms with Gasteiger partial charge in [0.1, 0.15) is 5.60 Å². The maximum Gasteiger partial charge on any atom is 0.407 e. The fourth-order valence-electron chi connectivity index (χ4n) is 1.59. The molecule has 0 aromatic heterocycles. The maximum atomic E-state index is 11.6. The standard InChI is InChI=1S/C14H29NO2/c1-7-9-10-14(6,8-2)11-15-12(16)17-13(3,4)5/h7-11H2,1-6H3,(H,15,16). The van der Waals surface area contributed by atoms with Crippen LogP contribution in [-0.4, -0.2) is 18.2 Å². The van der Waals surface area contributed by atoms with Crippen LogP contribution in [0.3, 0.4) is 0 Å². The quantitative estimate of drug-likeness (QED) is 0.762. The minimum absolute atomic E-state index is 0.187. The van der Waals surface area contributed by atoms with Crippen LogP contribution in [0.4, 0.5) is 4.79 Å². The molecule has 102 valence electrons. The molecule has 1 amide bonds. The van der Waals surface area contributed by atoms with E-state index in [-0.39, 0.29) is 11.5 Å². The first-order valence-electron chi connectivity index (χ1n) is 6.69. The average Bonchev–Trinajstić information content (AvgIpc) is 2.21. The Labute approximate surface area is 106 Å². The van der Waals surface area contributed by atoms with Crippen molar-refractivity contribution in [2.75, 3.05) is 6.54 Å². The second kappa shape index (κ2) is 6.87. The molecule has 0 fully saturated rings. The third-order valence-electron chi connectivity index (χ3n) is 3.05. The van der Waals surface area contributed by atoms with Crippen LogP contribution < -0.4 is 5.32 Å². The highest BCUT2D eigenvalue weighted by Crippen LogP contribution is 2.27. The monoisotopic (exact) mass is 243 g/mol. The fourth-order valence-corrected chi connectivity index (χ4v) is 1.59. The molecule has 0 aliphatic rings. The number of ether oxygens (including phenoxy) is 1. The van der Waals surface area contributed by atoms with E-state index in [1.165, 1.54) is 12.8 Å². The molecular weight excluding hydrogens is 214 g/mol. The molecule has 3 heteroatoms. The van der Waals surface area contributed by atoms with Gasteiger partial charge in [-0.25, -0.2) is 4.79 Å². The molecule has 3 nitrogen and oxygen atoms in total. The summed E-state index contributed by atoms with van der Waals surface area (Å²) < 4.78 is 5.23. The molecule has 1 N–H and O–H groups in total. The van der Waals surface area contributed by atoms with Gasteiger partial charge < -0.3 is 10.1 Å². The first kappa shape index (κ1) is 16.3. The first-order valence-corrected chi connectivity index (χ1v) is 6.69. The van der Waals surface area contributed by atoms with Crippen molar-refractivity contribution in [2.45, 2.75) is 72.8 Å². The summed E-state index contributed by atoms with van der Waals surface area (Å²) in [5.41, 5.74) is -0.233. The van der Waals surface area contributed by atoms with E-state index in [0.29, 0.717) is 6.54 Å². The molecule has 0 rings (SSSR count). The van der Waals surface area contributed by atoms with Gasteiger partial charge in [0.15, 0.2) is 0 Å². The molecule has 0 aromatic rings. The van der Waals surface area contributed by atoms with Crippen molar-refractivity contribution in [3.8, 4) is 0 Å². The summed E-state index contributed by atoms with van der Waals surface area (Å²) in [5, 5.41) is 2.88. The molecule has 0 spiro atoms. The van der Waals surface area contributed by atoms with E-state index in [4.69, 9.17) is 4.74 Å². The molecule has 0 aliphatic carbocycles. The molecule has 0 heterocycles. The van der Waals surface area contributed by atoms with Gasteiger partial charge in [-0.1, -0.05) is 33.6 Å². The number of nitrogens with one attached hydrogen (secondary N) is 1. The lowest BCUT2D eigenvalue weighted by Gasteiger charge is -2.29. The van der Waals surface area contributed by atoms with Crippen molar-refractivity contribution in [2.24, 2.45) is 5.41 Å². The predicted octanol–water partition coefficient (Wildman–Crippen LogP) is 4.12. The number of rotatable bonds is 6. The summed E-state index contributed by atoms with van der Waals surface area (Å²) in [5.74, 6) is 0. The van der Waals surface area contributed by atoms with Gasteiger partial charge in [-0.3, -0.25) is 0 Å². The smallest absolute Gasteiger partial charge is 0.407 e. The third-order valence-corrected chi connectivity index (χ3v) is 3.05. The van der Waals surface area contributed by atoms with E-state index in [0.717, 1.165) is 12.8 Å². The Balaban J connectivity index is 4.09. The van der Waals surface area contributed by atoms with Crippen molar-refractivity contribution < 1.29 is 9.53 Å². The van der Waals surface area contributed by atoms with Crippen molar-refractivity contribution in [1.82, 2.24) is 5.32 Å². The zero-order valence-corrected chi connectivity index (χ0v) is 12.4. The largest absolute Gasteiger partial charge is 0.444 e. The normalized spacial score (nSPS) is 15.2. The number of amides is 1. The molecule has 1 unspecified atom stereocenters. The van der Waals surface area contributed by atoms with Gasteiger partial charge >= 0.3 is 6.09 Å². The van der Waals surface area contributed by atoms with Crippen LogP contribution in [0.2, 0.25) is 0 Å². The number of hydrogen-bond acceptors (Lipinski definition) is 2. The van der Waals surface area contributed by atoms with Crippen molar-refractivity contribution in [3.05, 3.63) is 0 Å². The van der Waals surface area contributed by atoms with Gasteiger partial charge in [0.25, 0.3) is 0 Å². The summed E-state index contributed by atoms with van der Waals surface area (Å²) in [4.78, 5) is 11.6. The SMILES string of the molecule is CCCCC(C)(CC)CNC(=O)OC(C)(C)C. The van der Waals surface area contributed by atoms with Gasteiger partial charge in [0, 0.05) is 6.54 Å². The van der Waals surface area contributed by atoms with Crippen molar-refractivity contribution in [1.29, 1.82) is 0 Å². The topological polar surface area (TPSA) is 38.3 Å². The average molecular weight is 243 g/mol. The van der Waals surface area contributed by atoms with Crippen LogP contribution in [0.1, 0.15) is 67.2 Å². The number of alkyl carbamates (subject to hydrolysis) is 1. The molecule has 0 aromatic carbocycles. The van der Waals surface area contributed by atoms with Crippen molar-refractivity contribution in [3.63, 3.8) is 0 Å². The van der Waals surface area contributed by atoms with Gasteiger partial charge in [-0.05, 0) is 39.0 Å². The predicted molar refractivity (Wildman–Crippen MR) is 72.2 cm³/mol. The lowest BCUT2D eigenvalue weighted by atomic mass is 9.82. The highest BCUT2D eigenvalue weighted by molar-refractivity contribution is 5.67. The van der Waals surface area contributed by atoms with E-state index in [1.54, 1.807) is 0 Å². The lowest BCUT2D eigenvalue weighted by molar-refractivity contribution is 0.0498. The zero-order chi connectivity index (χ0) is 13.5. The van der Waals surface area contributed by atoms with Crippen LogP contribution in [0.5, 0.6) is 0 Å². The summed E-state index contributed by atoms with van der Waals surface area (Å²) in [6.45, 7) is 12.9. The van der Waals surface area contributed by atoms with Gasteiger partial charge in [0.2, 0.25) is 0 Å². The minimum Gasteiger partial charge on any atom is -0.444 e. The molecule has 0 saturated carbocycles. The van der Waals surface area contributed by atoms with E-state index < -0.39 is 5.60 Å². The Kier molecular flexibility index (Phi) is 6.58. The highest BCUT2D eigenvalue weighted by atomic mass is 16.6. The van der Waals surface area contributed by atoms with Gasteiger partial charge in [-0.2, -0.15) is 0 Å². The van der Waals surface area contributed by atoms with E-state index in [2.05, 4.69) is 26.1 Å². The summed E-state index contributed by atoms with van der Waals surface area (Å²) in [6, 6.07) is 0. The molecular formula is C14H29NO2. The Hall–Kier alpha value is -0.730. The third kappa shape index (κ3) is 8.06. The Bertz CT molecular complexity index is 233. The van der Waals surface area contributed by atoms with Crippen LogP contribution in [0, 0.1) is 5.41 Å². The van der Waals surface area contributed by atoms with Crippen LogP contribution in [-0.2, 0) is 4.74 Å². The zero-order valence-electron chi connectivity index (χ0n) is 12.4. The Morgan fingerprint density at radius 2 is 1.76 bits per heavy atom. The van der Waals surface area contributed by atoms with Crippen LogP contribution in [0.15, 0.2) is 0 Å². The number of carbonyl (C=O) groups excluding carboxylic acids is 1. The van der Waals surface area contributed by atoms with E-state index in [9.17, 15) is 4.79 Å². The number of unbranched alkanes of at least 4 members (excludes halogenated alkanes) is 1. The summed E-state index contributed by atoms with van der Waals surface area (Å²) >= 11 is 0. The Morgan fingerprint density at radius 1 is 1.18 bits per heavy atom. The second-order valence-electron chi connectivity index (χ2n) is 6.12. The van der Waals surface area contributed by atoms with E-state index in [1.807, 2.05) is 20.8 Å². The lowest BCUT2D eigenvalue weighted by Crippen LogP contribution is -2.38. The molecule has 0 bridgehead atoms. The number of carbonyl (C=O) groups is 1. The van der Waals surface area contributed by atoms with Crippen LogP contribution in [0.25, 0.3) is 0 Å². The van der Waals surface area contributed by atoms with E-state index >= 15 is 0 Å². The summed E-state index contributed by atoms with van der Waals surface area (Å²) in [6.07, 6.45) is 4.31.